The lowest BCUT2D eigenvalue weighted by molar-refractivity contribution is -0.141. The molecule has 0 saturated heterocycles. The van der Waals surface area contributed by atoms with Crippen LogP contribution in [0.2, 0.25) is 0 Å². The molecule has 6 nitrogen and oxygen atoms in total. The Morgan fingerprint density at radius 3 is 2.70 bits per heavy atom. The summed E-state index contributed by atoms with van der Waals surface area (Å²) in [5.41, 5.74) is -0.534. The van der Waals surface area contributed by atoms with Crippen LogP contribution in [0.1, 0.15) is 17.9 Å². The second kappa shape index (κ2) is 9.66. The number of nitrogens with zero attached hydrogens (tertiary/aromatic N) is 2. The Morgan fingerprint density at radius 1 is 1.20 bits per heavy atom. The number of halogens is 3. The third kappa shape index (κ3) is 5.76. The Hall–Kier alpha value is -3.01. The minimum Gasteiger partial charge on any atom is -0.496 e. The molecule has 30 heavy (non-hydrogen) atoms. The summed E-state index contributed by atoms with van der Waals surface area (Å²) < 4.78 is 50.3. The Morgan fingerprint density at radius 2 is 2.00 bits per heavy atom. The summed E-state index contributed by atoms with van der Waals surface area (Å²) in [6.07, 6.45) is -3.04. The van der Waals surface area contributed by atoms with Gasteiger partial charge in [0.05, 0.1) is 25.6 Å². The second-order valence-electron chi connectivity index (χ2n) is 6.07. The minimum absolute atomic E-state index is 0.0652. The van der Waals surface area contributed by atoms with Gasteiger partial charge in [-0.3, -0.25) is 4.79 Å². The number of thioether (sulfide) groups is 1. The van der Waals surface area contributed by atoms with E-state index in [-0.39, 0.29) is 35.5 Å². The number of amides is 1. The van der Waals surface area contributed by atoms with Gasteiger partial charge in [0.2, 0.25) is 5.91 Å². The molecule has 0 bridgehead atoms. The number of methoxy groups -OCH3 is 1. The fourth-order valence-electron chi connectivity index (χ4n) is 2.55. The molecular weight excluding hydrogens is 419 g/mol. The van der Waals surface area contributed by atoms with Crippen molar-refractivity contribution in [2.45, 2.75) is 24.3 Å². The first kappa shape index (κ1) is 21.7. The maximum Gasteiger partial charge on any atom is 0.433 e. The Labute approximate surface area is 174 Å². The number of alkyl halides is 3. The van der Waals surface area contributed by atoms with E-state index in [1.54, 1.807) is 36.4 Å². The Bertz CT molecular complexity index is 994. The average Bonchev–Trinajstić information content (AvgIpc) is 3.25. The first-order valence-electron chi connectivity index (χ1n) is 8.88. The number of carbonyl (C=O) groups is 1. The van der Waals surface area contributed by atoms with Crippen LogP contribution in [0.15, 0.2) is 58.3 Å². The summed E-state index contributed by atoms with van der Waals surface area (Å²) in [4.78, 5) is 19.8. The van der Waals surface area contributed by atoms with Crippen LogP contribution < -0.4 is 10.1 Å². The van der Waals surface area contributed by atoms with Crippen LogP contribution in [0.4, 0.5) is 13.2 Å². The van der Waals surface area contributed by atoms with E-state index in [0.717, 1.165) is 17.8 Å². The van der Waals surface area contributed by atoms with Gasteiger partial charge in [-0.25, -0.2) is 9.97 Å². The summed E-state index contributed by atoms with van der Waals surface area (Å²) in [5.74, 6) is 0.975. The highest BCUT2D eigenvalue weighted by Crippen LogP contribution is 2.34. The number of nitrogens with one attached hydrogen (secondary N) is 1. The lowest BCUT2D eigenvalue weighted by Gasteiger charge is -2.12. The van der Waals surface area contributed by atoms with Gasteiger partial charge in [-0.05, 0) is 30.3 Å². The number of hydrogen-bond donors (Lipinski definition) is 1. The molecule has 10 heteroatoms. The topological polar surface area (TPSA) is 77.2 Å². The molecule has 1 N–H and O–H groups in total. The third-order valence-corrected chi connectivity index (χ3v) is 4.83. The van der Waals surface area contributed by atoms with Crippen molar-refractivity contribution in [3.05, 3.63) is 60.2 Å². The summed E-state index contributed by atoms with van der Waals surface area (Å²) >= 11 is 0.977. The van der Waals surface area contributed by atoms with Gasteiger partial charge in [0.15, 0.2) is 5.16 Å². The monoisotopic (exact) mass is 437 g/mol. The molecule has 158 valence electrons. The largest absolute Gasteiger partial charge is 0.496 e. The third-order valence-electron chi connectivity index (χ3n) is 3.98. The van der Waals surface area contributed by atoms with Gasteiger partial charge < -0.3 is 14.5 Å². The summed E-state index contributed by atoms with van der Waals surface area (Å²) in [6.45, 7) is 0.245. The van der Waals surface area contributed by atoms with Crippen LogP contribution in [0, 0.1) is 0 Å². The van der Waals surface area contributed by atoms with Gasteiger partial charge in [-0.1, -0.05) is 23.9 Å². The van der Waals surface area contributed by atoms with Crippen LogP contribution in [0.3, 0.4) is 0 Å². The van der Waals surface area contributed by atoms with Crippen molar-refractivity contribution in [2.75, 3.05) is 12.9 Å². The molecule has 2 aromatic heterocycles. The highest BCUT2D eigenvalue weighted by atomic mass is 32.2. The van der Waals surface area contributed by atoms with Crippen molar-refractivity contribution < 1.29 is 27.1 Å². The number of carbonyl (C=O) groups excluding carboxylic acids is 1. The summed E-state index contributed by atoms with van der Waals surface area (Å²) in [5, 5.41) is 2.61. The van der Waals surface area contributed by atoms with Crippen molar-refractivity contribution in [3.63, 3.8) is 0 Å². The zero-order valence-electron chi connectivity index (χ0n) is 15.9. The van der Waals surface area contributed by atoms with Crippen LogP contribution in [-0.4, -0.2) is 28.7 Å². The Balaban J connectivity index is 1.71. The van der Waals surface area contributed by atoms with Gasteiger partial charge in [-0.2, -0.15) is 13.2 Å². The molecule has 0 aliphatic carbocycles. The molecule has 3 rings (SSSR count). The molecule has 0 atom stereocenters. The lowest BCUT2D eigenvalue weighted by Crippen LogP contribution is -2.22. The first-order valence-corrected chi connectivity index (χ1v) is 9.87. The fourth-order valence-corrected chi connectivity index (χ4v) is 3.35. The molecule has 0 radical (unpaired) electrons. The zero-order valence-corrected chi connectivity index (χ0v) is 16.7. The van der Waals surface area contributed by atoms with Crippen molar-refractivity contribution in [1.29, 1.82) is 0 Å². The number of furan rings is 1. The van der Waals surface area contributed by atoms with Crippen LogP contribution in [-0.2, 0) is 17.5 Å². The summed E-state index contributed by atoms with van der Waals surface area (Å²) in [6, 6.07) is 11.0. The molecule has 1 amide bonds. The molecule has 0 spiro atoms. The van der Waals surface area contributed by atoms with E-state index in [4.69, 9.17) is 9.15 Å². The second-order valence-corrected chi connectivity index (χ2v) is 7.14. The van der Waals surface area contributed by atoms with E-state index in [9.17, 15) is 18.0 Å². The zero-order chi connectivity index (χ0) is 21.6. The van der Waals surface area contributed by atoms with Crippen LogP contribution in [0.5, 0.6) is 5.75 Å². The molecule has 3 aromatic rings. The van der Waals surface area contributed by atoms with Gasteiger partial charge in [0, 0.05) is 17.7 Å². The lowest BCUT2D eigenvalue weighted by atomic mass is 10.1. The molecule has 0 unspecified atom stereocenters. The maximum atomic E-state index is 13.3. The van der Waals surface area contributed by atoms with E-state index < -0.39 is 11.9 Å². The molecule has 2 heterocycles. The number of hydrogen-bond acceptors (Lipinski definition) is 6. The normalized spacial score (nSPS) is 11.3. The molecule has 0 fully saturated rings. The van der Waals surface area contributed by atoms with E-state index >= 15 is 0 Å². The van der Waals surface area contributed by atoms with E-state index in [1.807, 2.05) is 0 Å². The molecule has 1 aromatic carbocycles. The first-order chi connectivity index (χ1) is 14.4. The smallest absolute Gasteiger partial charge is 0.433 e. The van der Waals surface area contributed by atoms with Crippen LogP contribution >= 0.6 is 11.8 Å². The highest BCUT2D eigenvalue weighted by Gasteiger charge is 2.34. The fraction of sp³-hybridized carbons (Fsp3) is 0.250. The van der Waals surface area contributed by atoms with E-state index in [1.165, 1.54) is 13.4 Å². The van der Waals surface area contributed by atoms with Crippen molar-refractivity contribution in [1.82, 2.24) is 15.3 Å². The number of rotatable bonds is 8. The average molecular weight is 437 g/mol. The van der Waals surface area contributed by atoms with E-state index in [0.29, 0.717) is 17.1 Å². The molecule has 0 aliphatic heterocycles. The van der Waals surface area contributed by atoms with Crippen molar-refractivity contribution in [2.24, 2.45) is 0 Å². The van der Waals surface area contributed by atoms with Crippen LogP contribution in [0.25, 0.3) is 11.3 Å². The quantitative estimate of drug-likeness (QED) is 0.411. The van der Waals surface area contributed by atoms with Gasteiger partial charge in [0.1, 0.15) is 17.2 Å². The molecular formula is C20H18F3N3O3S. The van der Waals surface area contributed by atoms with Gasteiger partial charge in [-0.15, -0.1) is 0 Å². The van der Waals surface area contributed by atoms with Crippen molar-refractivity contribution >= 4 is 17.7 Å². The molecule has 0 aliphatic rings. The standard InChI is InChI=1S/C20H18F3N3O3S/c1-28-16-7-3-2-6-14(16)15-11-17(20(21,22)23)26-19(25-15)30-10-8-18(27)24-12-13-5-4-9-29-13/h2-7,9,11H,8,10,12H2,1H3,(H,24,27). The molecule has 0 saturated carbocycles. The summed E-state index contributed by atoms with van der Waals surface area (Å²) in [7, 11) is 1.43. The Kier molecular flexibility index (Phi) is 6.99. The predicted octanol–water partition coefficient (Wildman–Crippen LogP) is 4.56. The maximum absolute atomic E-state index is 13.3. The number of ether oxygens (including phenoxy) is 1. The predicted molar refractivity (Wildman–Crippen MR) is 105 cm³/mol. The van der Waals surface area contributed by atoms with E-state index in [2.05, 4.69) is 15.3 Å². The minimum atomic E-state index is -4.63. The van der Waals surface area contributed by atoms with Gasteiger partial charge >= 0.3 is 6.18 Å². The number of benzene rings is 1. The number of aromatic nitrogens is 2. The number of para-hydroxylation sites is 1. The SMILES string of the molecule is COc1ccccc1-c1cc(C(F)(F)F)nc(SCCC(=O)NCc2ccco2)n1. The highest BCUT2D eigenvalue weighted by molar-refractivity contribution is 7.99. The van der Waals surface area contributed by atoms with Gasteiger partial charge in [0.25, 0.3) is 0 Å². The van der Waals surface area contributed by atoms with Crippen molar-refractivity contribution in [3.8, 4) is 17.0 Å².